The van der Waals surface area contributed by atoms with Crippen LogP contribution >= 0.6 is 0 Å². The molecule has 8 heteroatoms. The van der Waals surface area contributed by atoms with Crippen LogP contribution in [-0.4, -0.2) is 54.6 Å². The van der Waals surface area contributed by atoms with E-state index in [2.05, 4.69) is 15.0 Å². The highest BCUT2D eigenvalue weighted by atomic mass is 16.5. The van der Waals surface area contributed by atoms with Gasteiger partial charge in [0.05, 0.1) is 12.8 Å². The first kappa shape index (κ1) is 21.1. The first-order valence-corrected chi connectivity index (χ1v) is 9.27. The van der Waals surface area contributed by atoms with Crippen LogP contribution in [-0.2, 0) is 16.1 Å². The van der Waals surface area contributed by atoms with Crippen molar-refractivity contribution in [2.45, 2.75) is 6.54 Å². The smallest absolute Gasteiger partial charge is 0.325 e. The molecule has 2 N–H and O–H groups in total. The molecule has 0 unspecified atom stereocenters. The average molecular weight is 409 g/mol. The molecule has 0 fully saturated rings. The Hall–Kier alpha value is -3.65. The normalized spacial score (nSPS) is 10.8. The third-order valence-electron chi connectivity index (χ3n) is 4.31. The number of aromatic nitrogens is 1. The third-order valence-corrected chi connectivity index (χ3v) is 4.31. The van der Waals surface area contributed by atoms with Crippen LogP contribution in [0.5, 0.6) is 17.2 Å². The van der Waals surface area contributed by atoms with Crippen molar-refractivity contribution < 1.29 is 24.2 Å². The molecular weight excluding hydrogens is 386 g/mol. The number of rotatable bonds is 7. The van der Waals surface area contributed by atoms with E-state index in [-0.39, 0.29) is 18.0 Å². The van der Waals surface area contributed by atoms with Crippen LogP contribution in [0.1, 0.15) is 16.2 Å². The Morgan fingerprint density at radius 2 is 1.80 bits per heavy atom. The number of fused-ring (bicyclic) bond motifs is 1. The Morgan fingerprint density at radius 3 is 2.47 bits per heavy atom. The highest BCUT2D eigenvalue weighted by molar-refractivity contribution is 6.03. The topological polar surface area (TPSA) is 101 Å². The fraction of sp³-hybridized carbons (Fsp3) is 0.227. The zero-order chi connectivity index (χ0) is 21.7. The van der Waals surface area contributed by atoms with Crippen LogP contribution in [0.4, 0.5) is 0 Å². The number of esters is 1. The fourth-order valence-electron chi connectivity index (χ4n) is 2.92. The number of hydrogen-bond acceptors (Lipinski definition) is 7. The van der Waals surface area contributed by atoms with E-state index < -0.39 is 11.9 Å². The van der Waals surface area contributed by atoms with Crippen LogP contribution in [0.2, 0.25) is 0 Å². The molecule has 0 bridgehead atoms. The molecule has 3 aromatic rings. The maximum absolute atomic E-state index is 12.5. The fourth-order valence-corrected chi connectivity index (χ4v) is 2.92. The van der Waals surface area contributed by atoms with Crippen molar-refractivity contribution in [3.8, 4) is 17.2 Å². The summed E-state index contributed by atoms with van der Waals surface area (Å²) in [5.41, 5.74) is 0.439. The second-order valence-corrected chi connectivity index (χ2v) is 6.87. The van der Waals surface area contributed by atoms with Crippen molar-refractivity contribution in [2.24, 2.45) is 0 Å². The van der Waals surface area contributed by atoms with E-state index in [1.165, 1.54) is 7.11 Å². The first-order chi connectivity index (χ1) is 14.4. The largest absolute Gasteiger partial charge is 0.505 e. The van der Waals surface area contributed by atoms with E-state index in [1.54, 1.807) is 18.2 Å². The van der Waals surface area contributed by atoms with Crippen LogP contribution in [0.25, 0.3) is 10.8 Å². The minimum absolute atomic E-state index is 0.153. The average Bonchev–Trinajstić information content (AvgIpc) is 2.74. The number of hydrogen-bond donors (Lipinski definition) is 2. The van der Waals surface area contributed by atoms with Crippen LogP contribution < -0.4 is 10.1 Å². The van der Waals surface area contributed by atoms with Gasteiger partial charge in [-0.1, -0.05) is 18.2 Å². The number of para-hydroxylation sites is 1. The van der Waals surface area contributed by atoms with Crippen LogP contribution in [0.3, 0.4) is 0 Å². The standard InChI is InChI=1S/C22H23N3O5/c1-25(2)13-18-17-11-15(30-14-7-5-4-6-8-14)9-10-16(17)21(27)20(24-18)22(28)23-12-19(26)29-3/h4-11,27H,12-13H2,1-3H3,(H,23,28). The van der Waals surface area contributed by atoms with Gasteiger partial charge in [0.25, 0.3) is 5.91 Å². The zero-order valence-corrected chi connectivity index (χ0v) is 17.0. The number of amides is 1. The van der Waals surface area contributed by atoms with Crippen LogP contribution in [0, 0.1) is 0 Å². The lowest BCUT2D eigenvalue weighted by atomic mass is 10.1. The van der Waals surface area contributed by atoms with Crippen molar-refractivity contribution in [2.75, 3.05) is 27.7 Å². The Morgan fingerprint density at radius 1 is 1.07 bits per heavy atom. The molecule has 0 saturated heterocycles. The molecule has 0 aliphatic heterocycles. The molecule has 0 radical (unpaired) electrons. The van der Waals surface area contributed by atoms with E-state index in [0.29, 0.717) is 34.5 Å². The Labute approximate surface area is 174 Å². The lowest BCUT2D eigenvalue weighted by Gasteiger charge is -2.16. The maximum atomic E-state index is 12.5. The zero-order valence-electron chi connectivity index (χ0n) is 17.0. The molecule has 156 valence electrons. The number of ether oxygens (including phenoxy) is 2. The van der Waals surface area contributed by atoms with Crippen molar-refractivity contribution in [3.05, 3.63) is 59.9 Å². The van der Waals surface area contributed by atoms with Gasteiger partial charge in [0.15, 0.2) is 11.4 Å². The lowest BCUT2D eigenvalue weighted by Crippen LogP contribution is -2.31. The highest BCUT2D eigenvalue weighted by Gasteiger charge is 2.20. The van der Waals surface area contributed by atoms with Gasteiger partial charge in [-0.25, -0.2) is 4.98 Å². The second-order valence-electron chi connectivity index (χ2n) is 6.87. The molecule has 0 atom stereocenters. The minimum atomic E-state index is -0.663. The van der Waals surface area contributed by atoms with Gasteiger partial charge in [0.2, 0.25) is 0 Å². The summed E-state index contributed by atoms with van der Waals surface area (Å²) in [5, 5.41) is 14.2. The molecule has 30 heavy (non-hydrogen) atoms. The second kappa shape index (κ2) is 9.23. The number of carbonyl (C=O) groups excluding carboxylic acids is 2. The quantitative estimate of drug-likeness (QED) is 0.579. The highest BCUT2D eigenvalue weighted by Crippen LogP contribution is 2.34. The van der Waals surface area contributed by atoms with E-state index >= 15 is 0 Å². The summed E-state index contributed by atoms with van der Waals surface area (Å²) in [6.45, 7) is 0.115. The van der Waals surface area contributed by atoms with Gasteiger partial charge in [-0.3, -0.25) is 9.59 Å². The Balaban J connectivity index is 2.02. The van der Waals surface area contributed by atoms with Gasteiger partial charge in [0.1, 0.15) is 18.0 Å². The number of carbonyl (C=O) groups is 2. The van der Waals surface area contributed by atoms with Crippen LogP contribution in [0.15, 0.2) is 48.5 Å². The molecule has 3 rings (SSSR count). The molecular formula is C22H23N3O5. The Kier molecular flexibility index (Phi) is 6.48. The molecule has 8 nitrogen and oxygen atoms in total. The van der Waals surface area contributed by atoms with E-state index in [4.69, 9.17) is 4.74 Å². The summed E-state index contributed by atoms with van der Waals surface area (Å²) in [7, 11) is 4.98. The molecule has 2 aromatic carbocycles. The summed E-state index contributed by atoms with van der Waals surface area (Å²) < 4.78 is 10.4. The minimum Gasteiger partial charge on any atom is -0.505 e. The SMILES string of the molecule is COC(=O)CNC(=O)c1nc(CN(C)C)c2cc(Oc3ccccc3)ccc2c1O. The Bertz CT molecular complexity index is 1070. The monoisotopic (exact) mass is 409 g/mol. The summed E-state index contributed by atoms with van der Waals surface area (Å²) >= 11 is 0. The maximum Gasteiger partial charge on any atom is 0.325 e. The first-order valence-electron chi connectivity index (χ1n) is 9.27. The van der Waals surface area contributed by atoms with Gasteiger partial charge < -0.3 is 24.8 Å². The lowest BCUT2D eigenvalue weighted by molar-refractivity contribution is -0.139. The molecule has 1 aromatic heterocycles. The molecule has 1 heterocycles. The predicted molar refractivity (Wildman–Crippen MR) is 112 cm³/mol. The van der Waals surface area contributed by atoms with Gasteiger partial charge in [-0.05, 0) is 44.4 Å². The summed E-state index contributed by atoms with van der Waals surface area (Å²) in [6, 6.07) is 14.5. The summed E-state index contributed by atoms with van der Waals surface area (Å²) in [5.74, 6) is -0.259. The van der Waals surface area contributed by atoms with Gasteiger partial charge in [-0.15, -0.1) is 0 Å². The molecule has 0 aliphatic carbocycles. The van der Waals surface area contributed by atoms with Crippen molar-refractivity contribution in [3.63, 3.8) is 0 Å². The van der Waals surface area contributed by atoms with Crippen molar-refractivity contribution >= 4 is 22.6 Å². The summed E-state index contributed by atoms with van der Waals surface area (Å²) in [4.78, 5) is 30.1. The predicted octanol–water partition coefficient (Wildman–Crippen LogP) is 2.70. The number of aromatic hydroxyl groups is 1. The van der Waals surface area contributed by atoms with E-state index in [9.17, 15) is 14.7 Å². The number of methoxy groups -OCH3 is 1. The van der Waals surface area contributed by atoms with Crippen molar-refractivity contribution in [1.29, 1.82) is 0 Å². The molecule has 1 amide bonds. The number of nitrogens with one attached hydrogen (secondary N) is 1. The molecule has 0 aliphatic rings. The van der Waals surface area contributed by atoms with E-state index in [0.717, 1.165) is 0 Å². The number of nitrogens with zero attached hydrogens (tertiary/aromatic N) is 2. The number of pyridine rings is 1. The molecule has 0 saturated carbocycles. The number of benzene rings is 2. The molecule has 0 spiro atoms. The van der Waals surface area contributed by atoms with Gasteiger partial charge in [0, 0.05) is 17.3 Å². The van der Waals surface area contributed by atoms with Gasteiger partial charge >= 0.3 is 5.97 Å². The van der Waals surface area contributed by atoms with Gasteiger partial charge in [-0.2, -0.15) is 0 Å². The summed E-state index contributed by atoms with van der Waals surface area (Å²) in [6.07, 6.45) is 0. The third kappa shape index (κ3) is 4.84. The van der Waals surface area contributed by atoms with Crippen molar-refractivity contribution in [1.82, 2.24) is 15.2 Å². The van der Waals surface area contributed by atoms with E-state index in [1.807, 2.05) is 49.3 Å².